The van der Waals surface area contributed by atoms with E-state index in [-0.39, 0.29) is 11.9 Å². The number of carbonyl (C=O) groups excluding carboxylic acids is 1. The molecule has 3 N–H and O–H groups in total. The van der Waals surface area contributed by atoms with E-state index in [1.165, 1.54) is 21.6 Å². The van der Waals surface area contributed by atoms with Gasteiger partial charge in [0, 0.05) is 11.1 Å². The third-order valence-corrected chi connectivity index (χ3v) is 6.83. The zero-order valence-electron chi connectivity index (χ0n) is 17.6. The SMILES string of the molecule is Cc1ccc([C@@H]([NH2+]CC(=O)N2CC[NH+](Cc3cccs3)CC2)c2ccccc2)cc1. The fourth-order valence-corrected chi connectivity index (χ4v) is 4.93. The molecule has 1 saturated heterocycles. The number of aryl methyl sites for hydroxylation is 1. The Hall–Kier alpha value is -2.47. The molecule has 1 aliphatic heterocycles. The van der Waals surface area contributed by atoms with Gasteiger partial charge in [0.2, 0.25) is 0 Å². The van der Waals surface area contributed by atoms with Gasteiger partial charge in [-0.3, -0.25) is 4.79 Å². The van der Waals surface area contributed by atoms with Crippen LogP contribution in [0.2, 0.25) is 0 Å². The van der Waals surface area contributed by atoms with Gasteiger partial charge in [0.25, 0.3) is 5.91 Å². The summed E-state index contributed by atoms with van der Waals surface area (Å²) in [5.41, 5.74) is 3.73. The molecule has 0 bridgehead atoms. The lowest BCUT2D eigenvalue weighted by atomic mass is 9.98. The van der Waals surface area contributed by atoms with Gasteiger partial charge in [0.15, 0.2) is 6.54 Å². The van der Waals surface area contributed by atoms with E-state index in [1.54, 1.807) is 4.90 Å². The maximum atomic E-state index is 12.9. The molecule has 2 aromatic carbocycles. The van der Waals surface area contributed by atoms with Gasteiger partial charge >= 0.3 is 0 Å². The molecule has 5 heteroatoms. The van der Waals surface area contributed by atoms with Crippen LogP contribution in [-0.2, 0) is 11.3 Å². The van der Waals surface area contributed by atoms with Gasteiger partial charge in [-0.2, -0.15) is 0 Å². The molecule has 30 heavy (non-hydrogen) atoms. The van der Waals surface area contributed by atoms with Crippen molar-refractivity contribution < 1.29 is 15.0 Å². The van der Waals surface area contributed by atoms with E-state index in [9.17, 15) is 4.79 Å². The number of thiophene rings is 1. The summed E-state index contributed by atoms with van der Waals surface area (Å²) in [7, 11) is 0. The number of carbonyl (C=O) groups is 1. The van der Waals surface area contributed by atoms with Crippen LogP contribution in [-0.4, -0.2) is 43.5 Å². The van der Waals surface area contributed by atoms with Crippen LogP contribution in [0.25, 0.3) is 0 Å². The highest BCUT2D eigenvalue weighted by Crippen LogP contribution is 2.18. The molecule has 0 radical (unpaired) electrons. The van der Waals surface area contributed by atoms with Gasteiger partial charge in [0.05, 0.1) is 31.1 Å². The van der Waals surface area contributed by atoms with Crippen LogP contribution in [0.1, 0.15) is 27.6 Å². The molecular formula is C25H31N3OS+2. The van der Waals surface area contributed by atoms with Crippen molar-refractivity contribution in [3.63, 3.8) is 0 Å². The molecule has 0 unspecified atom stereocenters. The number of quaternary nitrogens is 2. The number of nitrogens with two attached hydrogens (primary N) is 1. The van der Waals surface area contributed by atoms with Crippen molar-refractivity contribution in [3.8, 4) is 0 Å². The Morgan fingerprint density at radius 3 is 2.37 bits per heavy atom. The monoisotopic (exact) mass is 421 g/mol. The van der Waals surface area contributed by atoms with E-state index in [2.05, 4.69) is 78.3 Å². The average molecular weight is 422 g/mol. The molecule has 4 nitrogen and oxygen atoms in total. The molecule has 1 aliphatic rings. The van der Waals surface area contributed by atoms with Crippen molar-refractivity contribution in [2.75, 3.05) is 32.7 Å². The second-order valence-electron chi connectivity index (χ2n) is 8.13. The van der Waals surface area contributed by atoms with E-state index in [0.717, 1.165) is 32.7 Å². The first-order valence-corrected chi connectivity index (χ1v) is 11.7. The van der Waals surface area contributed by atoms with Gasteiger partial charge in [0.1, 0.15) is 12.6 Å². The fourth-order valence-electron chi connectivity index (χ4n) is 4.16. The molecule has 0 aliphatic carbocycles. The number of rotatable bonds is 7. The Bertz CT molecular complexity index is 917. The predicted molar refractivity (Wildman–Crippen MR) is 122 cm³/mol. The van der Waals surface area contributed by atoms with Crippen LogP contribution < -0.4 is 10.2 Å². The molecule has 1 aromatic heterocycles. The summed E-state index contributed by atoms with van der Waals surface area (Å²) in [6.45, 7) is 7.44. The number of nitrogens with zero attached hydrogens (tertiary/aromatic N) is 1. The predicted octanol–water partition coefficient (Wildman–Crippen LogP) is 1.64. The lowest BCUT2D eigenvalue weighted by Crippen LogP contribution is -3.13. The number of hydrogen-bond acceptors (Lipinski definition) is 2. The summed E-state index contributed by atoms with van der Waals surface area (Å²) < 4.78 is 0. The Balaban J connectivity index is 1.34. The number of benzene rings is 2. The third-order valence-electron chi connectivity index (χ3n) is 5.95. The number of nitrogens with one attached hydrogen (secondary N) is 1. The van der Waals surface area contributed by atoms with Crippen molar-refractivity contribution in [1.82, 2.24) is 4.90 Å². The lowest BCUT2D eigenvalue weighted by Gasteiger charge is -2.32. The first-order chi connectivity index (χ1) is 14.7. The molecule has 1 atom stereocenters. The summed E-state index contributed by atoms with van der Waals surface area (Å²) in [6, 6.07) is 23.6. The lowest BCUT2D eigenvalue weighted by molar-refractivity contribution is -0.917. The topological polar surface area (TPSA) is 41.4 Å². The van der Waals surface area contributed by atoms with Crippen LogP contribution in [0.5, 0.6) is 0 Å². The fraction of sp³-hybridized carbons (Fsp3) is 0.320. The maximum absolute atomic E-state index is 12.9. The first kappa shape index (κ1) is 20.8. The highest BCUT2D eigenvalue weighted by Gasteiger charge is 2.26. The van der Waals surface area contributed by atoms with Gasteiger partial charge < -0.3 is 15.1 Å². The summed E-state index contributed by atoms with van der Waals surface area (Å²) in [5.74, 6) is 0.248. The second kappa shape index (κ2) is 10.0. The Morgan fingerprint density at radius 2 is 1.70 bits per heavy atom. The molecule has 4 rings (SSSR count). The van der Waals surface area contributed by atoms with Crippen molar-refractivity contribution in [2.45, 2.75) is 19.5 Å². The van der Waals surface area contributed by atoms with E-state index < -0.39 is 0 Å². The maximum Gasteiger partial charge on any atom is 0.278 e. The van der Waals surface area contributed by atoms with Gasteiger partial charge in [-0.15, -0.1) is 11.3 Å². The highest BCUT2D eigenvalue weighted by atomic mass is 32.1. The van der Waals surface area contributed by atoms with Crippen LogP contribution in [0.4, 0.5) is 0 Å². The van der Waals surface area contributed by atoms with E-state index in [1.807, 2.05) is 22.3 Å². The van der Waals surface area contributed by atoms with Crippen LogP contribution in [0, 0.1) is 6.92 Å². The average Bonchev–Trinajstić information content (AvgIpc) is 3.29. The molecule has 156 valence electrons. The largest absolute Gasteiger partial charge is 0.328 e. The number of amides is 1. The van der Waals surface area contributed by atoms with E-state index in [0.29, 0.717) is 6.54 Å². The normalized spacial score (nSPS) is 15.8. The first-order valence-electron chi connectivity index (χ1n) is 10.8. The third kappa shape index (κ3) is 5.36. The van der Waals surface area contributed by atoms with Crippen LogP contribution in [0.3, 0.4) is 0 Å². The van der Waals surface area contributed by atoms with Crippen molar-refractivity contribution in [2.24, 2.45) is 0 Å². The minimum atomic E-state index is 0.140. The van der Waals surface area contributed by atoms with E-state index >= 15 is 0 Å². The molecule has 1 fully saturated rings. The summed E-state index contributed by atoms with van der Waals surface area (Å²) in [4.78, 5) is 18.0. The summed E-state index contributed by atoms with van der Waals surface area (Å²) in [5, 5.41) is 4.33. The van der Waals surface area contributed by atoms with E-state index in [4.69, 9.17) is 0 Å². The molecule has 1 amide bonds. The molecular weight excluding hydrogens is 390 g/mol. The summed E-state index contributed by atoms with van der Waals surface area (Å²) >= 11 is 1.83. The standard InChI is InChI=1S/C25H29N3OS/c1-20-9-11-22(12-10-20)25(21-6-3-2-4-7-21)26-18-24(29)28-15-13-27(14-16-28)19-23-8-5-17-30-23/h2-12,17,25-26H,13-16,18-19H2,1H3/p+2/t25-/m0/s1. The van der Waals surface area contributed by atoms with Crippen LogP contribution >= 0.6 is 11.3 Å². The van der Waals surface area contributed by atoms with Crippen molar-refractivity contribution in [1.29, 1.82) is 0 Å². The number of piperazine rings is 1. The van der Waals surface area contributed by atoms with Gasteiger partial charge in [-0.1, -0.05) is 66.2 Å². The van der Waals surface area contributed by atoms with Crippen molar-refractivity contribution >= 4 is 17.2 Å². The molecule has 3 aromatic rings. The minimum absolute atomic E-state index is 0.140. The van der Waals surface area contributed by atoms with Gasteiger partial charge in [-0.05, 0) is 18.4 Å². The van der Waals surface area contributed by atoms with Gasteiger partial charge in [-0.25, -0.2) is 0 Å². The molecule has 0 spiro atoms. The highest BCUT2D eigenvalue weighted by molar-refractivity contribution is 7.09. The molecule has 0 saturated carbocycles. The zero-order chi connectivity index (χ0) is 20.8. The quantitative estimate of drug-likeness (QED) is 0.598. The van der Waals surface area contributed by atoms with Crippen molar-refractivity contribution in [3.05, 3.63) is 93.7 Å². The smallest absolute Gasteiger partial charge is 0.278 e. The van der Waals surface area contributed by atoms with Crippen LogP contribution in [0.15, 0.2) is 72.1 Å². The Kier molecular flexibility index (Phi) is 6.95. The Morgan fingerprint density at radius 1 is 1.00 bits per heavy atom. The Labute approximate surface area is 183 Å². The number of hydrogen-bond donors (Lipinski definition) is 2. The minimum Gasteiger partial charge on any atom is -0.328 e. The zero-order valence-corrected chi connectivity index (χ0v) is 18.4. The second-order valence-corrected chi connectivity index (χ2v) is 9.16. The molecule has 2 heterocycles. The summed E-state index contributed by atoms with van der Waals surface area (Å²) in [6.07, 6.45) is 0.